The fourth-order valence-corrected chi connectivity index (χ4v) is 4.14. The number of nitrogens with one attached hydrogen (secondary N) is 3. The lowest BCUT2D eigenvalue weighted by Crippen LogP contribution is -2.13. The van der Waals surface area contributed by atoms with Crippen molar-refractivity contribution >= 4 is 28.4 Å². The molecule has 0 saturated carbocycles. The number of fused-ring (bicyclic) bond motifs is 2. The number of carbonyl (C=O) groups excluding carboxylic acids is 1. The molecule has 1 aromatic heterocycles. The van der Waals surface area contributed by atoms with Crippen molar-refractivity contribution < 1.29 is 4.79 Å². The van der Waals surface area contributed by atoms with E-state index < -0.39 is 0 Å². The fraction of sp³-hybridized carbons (Fsp3) is 0.125. The van der Waals surface area contributed by atoms with Gasteiger partial charge in [-0.1, -0.05) is 54.1 Å². The van der Waals surface area contributed by atoms with E-state index in [0.29, 0.717) is 17.1 Å². The van der Waals surface area contributed by atoms with Gasteiger partial charge in [0.05, 0.1) is 5.56 Å². The molecule has 2 heterocycles. The number of carbonyl (C=O) groups is 1. The van der Waals surface area contributed by atoms with Crippen LogP contribution in [0.25, 0.3) is 22.2 Å². The van der Waals surface area contributed by atoms with E-state index in [9.17, 15) is 4.79 Å². The highest BCUT2D eigenvalue weighted by Crippen LogP contribution is 2.34. The predicted molar refractivity (Wildman–Crippen MR) is 117 cm³/mol. The van der Waals surface area contributed by atoms with Gasteiger partial charge in [0.15, 0.2) is 0 Å². The van der Waals surface area contributed by atoms with E-state index in [0.717, 1.165) is 40.8 Å². The maximum absolute atomic E-state index is 12.3. The lowest BCUT2D eigenvalue weighted by Gasteiger charge is -2.06. The highest BCUT2D eigenvalue weighted by atomic mass is 35.5. The van der Waals surface area contributed by atoms with E-state index in [-0.39, 0.29) is 5.91 Å². The third kappa shape index (κ3) is 3.41. The Morgan fingerprint density at radius 3 is 2.62 bits per heavy atom. The molecule has 4 nitrogen and oxygen atoms in total. The minimum atomic E-state index is -0.0676. The zero-order valence-electron chi connectivity index (χ0n) is 15.8. The number of H-pyrrole nitrogens is 1. The van der Waals surface area contributed by atoms with Crippen molar-refractivity contribution in [3.05, 3.63) is 94.0 Å². The predicted octanol–water partition coefficient (Wildman–Crippen LogP) is 5.02. The molecule has 29 heavy (non-hydrogen) atoms. The van der Waals surface area contributed by atoms with Gasteiger partial charge in [-0.2, -0.15) is 0 Å². The Kier molecular flexibility index (Phi) is 4.58. The second kappa shape index (κ2) is 7.39. The van der Waals surface area contributed by atoms with Crippen molar-refractivity contribution in [2.75, 3.05) is 0 Å². The summed E-state index contributed by atoms with van der Waals surface area (Å²) >= 11 is 6.28. The quantitative estimate of drug-likeness (QED) is 0.439. The van der Waals surface area contributed by atoms with Gasteiger partial charge >= 0.3 is 0 Å². The molecule has 3 N–H and O–H groups in total. The lowest BCUT2D eigenvalue weighted by atomic mass is 10.0. The highest BCUT2D eigenvalue weighted by molar-refractivity contribution is 6.32. The standard InChI is InChI=1S/C24H20ClN3O/c25-20-8-7-18(23-19(20)14-27-24(23)29)22-11-17-10-16(6-9-21(17)28-22)13-26-12-15-4-2-1-3-5-15/h1-11,26,28H,12-14H2,(H,27,29). The van der Waals surface area contributed by atoms with Gasteiger partial charge in [0.25, 0.3) is 5.91 Å². The van der Waals surface area contributed by atoms with Crippen LogP contribution in [0.2, 0.25) is 5.02 Å². The first kappa shape index (κ1) is 18.0. The molecule has 5 heteroatoms. The molecule has 0 bridgehead atoms. The molecular formula is C24H20ClN3O. The smallest absolute Gasteiger partial charge is 0.252 e. The molecule has 0 aliphatic carbocycles. The molecule has 0 spiro atoms. The van der Waals surface area contributed by atoms with E-state index in [4.69, 9.17) is 11.6 Å². The Morgan fingerprint density at radius 2 is 1.76 bits per heavy atom. The van der Waals surface area contributed by atoms with Crippen LogP contribution in [0.15, 0.2) is 66.7 Å². The minimum Gasteiger partial charge on any atom is -0.355 e. The molecule has 0 fully saturated rings. The molecule has 0 radical (unpaired) electrons. The summed E-state index contributed by atoms with van der Waals surface area (Å²) in [5.41, 5.74) is 6.91. The summed E-state index contributed by atoms with van der Waals surface area (Å²) in [5, 5.41) is 8.11. The molecular weight excluding hydrogens is 382 g/mol. The van der Waals surface area contributed by atoms with Crippen LogP contribution in [-0.2, 0) is 19.6 Å². The molecule has 0 unspecified atom stereocenters. The Bertz CT molecular complexity index is 1210. The third-order valence-corrected chi connectivity index (χ3v) is 5.74. The molecule has 3 aromatic carbocycles. The maximum Gasteiger partial charge on any atom is 0.252 e. The number of hydrogen-bond acceptors (Lipinski definition) is 2. The lowest BCUT2D eigenvalue weighted by molar-refractivity contribution is 0.0966. The van der Waals surface area contributed by atoms with Gasteiger partial charge < -0.3 is 15.6 Å². The zero-order chi connectivity index (χ0) is 19.8. The van der Waals surface area contributed by atoms with E-state index >= 15 is 0 Å². The van der Waals surface area contributed by atoms with Crippen LogP contribution in [0.4, 0.5) is 0 Å². The molecule has 1 aliphatic rings. The minimum absolute atomic E-state index is 0.0676. The van der Waals surface area contributed by atoms with Gasteiger partial charge in [-0.3, -0.25) is 4.79 Å². The number of amides is 1. The molecule has 1 amide bonds. The Balaban J connectivity index is 1.41. The fourth-order valence-electron chi connectivity index (χ4n) is 3.92. The topological polar surface area (TPSA) is 56.9 Å². The average Bonchev–Trinajstić information content (AvgIpc) is 3.33. The summed E-state index contributed by atoms with van der Waals surface area (Å²) in [6.45, 7) is 2.12. The molecule has 1 aliphatic heterocycles. The van der Waals surface area contributed by atoms with Crippen molar-refractivity contribution in [3.63, 3.8) is 0 Å². The normalized spacial score (nSPS) is 12.9. The Labute approximate surface area is 173 Å². The average molecular weight is 402 g/mol. The summed E-state index contributed by atoms with van der Waals surface area (Å²) in [7, 11) is 0. The van der Waals surface area contributed by atoms with Gasteiger partial charge in [-0.15, -0.1) is 0 Å². The SMILES string of the molecule is O=C1NCc2c(Cl)ccc(-c3cc4cc(CNCc5ccccc5)ccc4[nH]3)c21. The number of benzene rings is 3. The van der Waals surface area contributed by atoms with Crippen LogP contribution in [0.1, 0.15) is 27.0 Å². The first-order chi connectivity index (χ1) is 14.2. The van der Waals surface area contributed by atoms with Gasteiger partial charge in [0.1, 0.15) is 0 Å². The van der Waals surface area contributed by atoms with Crippen molar-refractivity contribution in [2.45, 2.75) is 19.6 Å². The largest absolute Gasteiger partial charge is 0.355 e. The van der Waals surface area contributed by atoms with Crippen LogP contribution in [0, 0.1) is 0 Å². The summed E-state index contributed by atoms with van der Waals surface area (Å²) < 4.78 is 0. The van der Waals surface area contributed by atoms with Crippen LogP contribution in [-0.4, -0.2) is 10.9 Å². The second-order valence-corrected chi connectivity index (χ2v) is 7.73. The van der Waals surface area contributed by atoms with Crippen molar-refractivity contribution in [1.82, 2.24) is 15.6 Å². The van der Waals surface area contributed by atoms with Gasteiger partial charge in [0.2, 0.25) is 0 Å². The molecule has 0 atom stereocenters. The van der Waals surface area contributed by atoms with Gasteiger partial charge in [-0.05, 0) is 35.4 Å². The van der Waals surface area contributed by atoms with E-state index in [1.807, 2.05) is 18.2 Å². The number of rotatable bonds is 5. The molecule has 4 aromatic rings. The number of hydrogen-bond donors (Lipinski definition) is 3. The van der Waals surface area contributed by atoms with Crippen LogP contribution < -0.4 is 10.6 Å². The van der Waals surface area contributed by atoms with Crippen molar-refractivity contribution in [1.29, 1.82) is 0 Å². The molecule has 5 rings (SSSR count). The number of aromatic amines is 1. The van der Waals surface area contributed by atoms with Crippen LogP contribution in [0.3, 0.4) is 0 Å². The first-order valence-electron chi connectivity index (χ1n) is 9.65. The maximum atomic E-state index is 12.3. The van der Waals surface area contributed by atoms with Crippen molar-refractivity contribution in [3.8, 4) is 11.3 Å². The molecule has 144 valence electrons. The summed E-state index contributed by atoms with van der Waals surface area (Å²) in [4.78, 5) is 15.8. The second-order valence-electron chi connectivity index (χ2n) is 7.32. The summed E-state index contributed by atoms with van der Waals surface area (Å²) in [6.07, 6.45) is 0. The zero-order valence-corrected chi connectivity index (χ0v) is 16.5. The van der Waals surface area contributed by atoms with Gasteiger partial charge in [-0.25, -0.2) is 0 Å². The monoisotopic (exact) mass is 401 g/mol. The first-order valence-corrected chi connectivity index (χ1v) is 10.0. The highest BCUT2D eigenvalue weighted by Gasteiger charge is 2.26. The summed E-state index contributed by atoms with van der Waals surface area (Å²) in [6, 6.07) is 22.7. The summed E-state index contributed by atoms with van der Waals surface area (Å²) in [5.74, 6) is -0.0676. The Morgan fingerprint density at radius 1 is 0.931 bits per heavy atom. The van der Waals surface area contributed by atoms with E-state index in [2.05, 4.69) is 64.1 Å². The van der Waals surface area contributed by atoms with Crippen molar-refractivity contribution in [2.24, 2.45) is 0 Å². The number of halogens is 1. The third-order valence-electron chi connectivity index (χ3n) is 5.38. The van der Waals surface area contributed by atoms with Gasteiger partial charge in [0, 0.05) is 52.4 Å². The molecule has 0 saturated heterocycles. The van der Waals surface area contributed by atoms with E-state index in [1.54, 1.807) is 0 Å². The van der Waals surface area contributed by atoms with Crippen LogP contribution in [0.5, 0.6) is 0 Å². The number of aromatic nitrogens is 1. The Hall–Kier alpha value is -3.08. The van der Waals surface area contributed by atoms with Crippen LogP contribution >= 0.6 is 11.6 Å². The van der Waals surface area contributed by atoms with E-state index in [1.165, 1.54) is 11.1 Å².